The summed E-state index contributed by atoms with van der Waals surface area (Å²) in [5, 5.41) is 0.440. The smallest absolute Gasteiger partial charge is 0.250 e. The molecule has 0 aromatic heterocycles. The van der Waals surface area contributed by atoms with Gasteiger partial charge in [0.1, 0.15) is 0 Å². The van der Waals surface area contributed by atoms with Crippen LogP contribution in [0.5, 0.6) is 0 Å². The van der Waals surface area contributed by atoms with Gasteiger partial charge < -0.3 is 21.1 Å². The second kappa shape index (κ2) is 5.27. The molecular weight excluding hydrogens is 266 g/mol. The molecule has 2 unspecified atom stereocenters. The molecule has 1 amide bonds. The normalized spacial score (nSPS) is 23.4. The third-order valence-corrected chi connectivity index (χ3v) is 3.53. The molecular formula is C13H18ClN3O2. The highest BCUT2D eigenvalue weighted by molar-refractivity contribution is 6.34. The number of carbonyl (C=O) groups is 1. The van der Waals surface area contributed by atoms with Gasteiger partial charge in [0.15, 0.2) is 0 Å². The van der Waals surface area contributed by atoms with E-state index >= 15 is 0 Å². The van der Waals surface area contributed by atoms with Crippen molar-refractivity contribution in [2.45, 2.75) is 26.0 Å². The number of hydrogen-bond acceptors (Lipinski definition) is 4. The first-order chi connectivity index (χ1) is 8.90. The maximum Gasteiger partial charge on any atom is 0.250 e. The van der Waals surface area contributed by atoms with Crippen LogP contribution in [-0.2, 0) is 4.74 Å². The third kappa shape index (κ3) is 2.77. The van der Waals surface area contributed by atoms with E-state index in [1.165, 1.54) is 0 Å². The highest BCUT2D eigenvalue weighted by Crippen LogP contribution is 2.35. The van der Waals surface area contributed by atoms with Crippen molar-refractivity contribution in [3.8, 4) is 0 Å². The van der Waals surface area contributed by atoms with Crippen LogP contribution in [0.15, 0.2) is 12.1 Å². The van der Waals surface area contributed by atoms with E-state index in [0.29, 0.717) is 35.1 Å². The average molecular weight is 284 g/mol. The van der Waals surface area contributed by atoms with E-state index in [1.807, 2.05) is 13.8 Å². The Morgan fingerprint density at radius 3 is 2.79 bits per heavy atom. The first-order valence-electron chi connectivity index (χ1n) is 6.17. The van der Waals surface area contributed by atoms with Crippen LogP contribution >= 0.6 is 11.6 Å². The van der Waals surface area contributed by atoms with E-state index in [1.54, 1.807) is 12.1 Å². The SMILES string of the molecule is CC1CN(c2c(Cl)cc(N)cc2C(N)=O)C(C)CO1. The van der Waals surface area contributed by atoms with Gasteiger partial charge in [-0.05, 0) is 26.0 Å². The number of benzene rings is 1. The molecule has 19 heavy (non-hydrogen) atoms. The summed E-state index contributed by atoms with van der Waals surface area (Å²) in [6.45, 7) is 5.24. The Morgan fingerprint density at radius 1 is 1.47 bits per heavy atom. The van der Waals surface area contributed by atoms with Crippen LogP contribution in [0.1, 0.15) is 24.2 Å². The molecule has 5 nitrogen and oxygen atoms in total. The Labute approximate surface area is 117 Å². The van der Waals surface area contributed by atoms with Gasteiger partial charge in [0.05, 0.1) is 29.0 Å². The first-order valence-corrected chi connectivity index (χ1v) is 6.55. The van der Waals surface area contributed by atoms with Gasteiger partial charge in [-0.15, -0.1) is 0 Å². The molecule has 1 saturated heterocycles. The number of nitrogen functional groups attached to an aromatic ring is 1. The van der Waals surface area contributed by atoms with Gasteiger partial charge in [0, 0.05) is 18.3 Å². The van der Waals surface area contributed by atoms with Crippen LogP contribution in [0, 0.1) is 0 Å². The summed E-state index contributed by atoms with van der Waals surface area (Å²) in [6, 6.07) is 3.32. The van der Waals surface area contributed by atoms with Crippen molar-refractivity contribution in [1.82, 2.24) is 0 Å². The van der Waals surface area contributed by atoms with Crippen molar-refractivity contribution in [3.05, 3.63) is 22.7 Å². The van der Waals surface area contributed by atoms with Crippen LogP contribution in [0.4, 0.5) is 11.4 Å². The molecule has 4 N–H and O–H groups in total. The molecule has 6 heteroatoms. The summed E-state index contributed by atoms with van der Waals surface area (Å²) in [7, 11) is 0. The number of ether oxygens (including phenoxy) is 1. The standard InChI is InChI=1S/C13H18ClN3O2/c1-7-6-19-8(2)5-17(7)12-10(13(16)18)3-9(15)4-11(12)14/h3-4,7-8H,5-6,15H2,1-2H3,(H2,16,18). The first kappa shape index (κ1) is 14.0. The molecule has 1 fully saturated rings. The van der Waals surface area contributed by atoms with Crippen LogP contribution < -0.4 is 16.4 Å². The second-order valence-corrected chi connectivity index (χ2v) is 5.32. The average Bonchev–Trinajstić information content (AvgIpc) is 2.32. The van der Waals surface area contributed by atoms with E-state index in [9.17, 15) is 4.79 Å². The third-order valence-electron chi connectivity index (χ3n) is 3.25. The number of nitrogens with zero attached hydrogens (tertiary/aromatic N) is 1. The lowest BCUT2D eigenvalue weighted by Crippen LogP contribution is -2.48. The fraction of sp³-hybridized carbons (Fsp3) is 0.462. The minimum absolute atomic E-state index is 0.0746. The predicted molar refractivity (Wildman–Crippen MR) is 76.6 cm³/mol. The van der Waals surface area contributed by atoms with Crippen molar-refractivity contribution in [2.24, 2.45) is 5.73 Å². The number of halogens is 1. The van der Waals surface area contributed by atoms with E-state index in [-0.39, 0.29) is 12.1 Å². The summed E-state index contributed by atoms with van der Waals surface area (Å²) < 4.78 is 5.58. The van der Waals surface area contributed by atoms with E-state index in [4.69, 9.17) is 27.8 Å². The minimum Gasteiger partial charge on any atom is -0.399 e. The van der Waals surface area contributed by atoms with Gasteiger partial charge in [-0.1, -0.05) is 11.6 Å². The van der Waals surface area contributed by atoms with Crippen molar-refractivity contribution in [1.29, 1.82) is 0 Å². The molecule has 0 aliphatic carbocycles. The van der Waals surface area contributed by atoms with Crippen LogP contribution in [0.2, 0.25) is 5.02 Å². The van der Waals surface area contributed by atoms with Gasteiger partial charge in [0.25, 0.3) is 5.91 Å². The number of primary amides is 1. The van der Waals surface area contributed by atoms with Crippen LogP contribution in [-0.4, -0.2) is 31.2 Å². The van der Waals surface area contributed by atoms with E-state index in [2.05, 4.69) is 4.90 Å². The Bertz CT molecular complexity index is 507. The number of carbonyl (C=O) groups excluding carboxylic acids is 1. The zero-order valence-corrected chi connectivity index (χ0v) is 11.8. The molecule has 1 aliphatic heterocycles. The second-order valence-electron chi connectivity index (χ2n) is 4.91. The Hall–Kier alpha value is -1.46. The quantitative estimate of drug-likeness (QED) is 0.809. The zero-order valence-electron chi connectivity index (χ0n) is 11.0. The Morgan fingerprint density at radius 2 is 2.16 bits per heavy atom. The fourth-order valence-electron chi connectivity index (χ4n) is 2.31. The highest BCUT2D eigenvalue weighted by Gasteiger charge is 2.28. The van der Waals surface area contributed by atoms with Gasteiger partial charge >= 0.3 is 0 Å². The fourth-order valence-corrected chi connectivity index (χ4v) is 2.65. The van der Waals surface area contributed by atoms with Gasteiger partial charge in [-0.3, -0.25) is 4.79 Å². The molecule has 0 radical (unpaired) electrons. The Balaban J connectivity index is 2.51. The molecule has 2 rings (SSSR count). The lowest BCUT2D eigenvalue weighted by molar-refractivity contribution is 0.0343. The maximum absolute atomic E-state index is 11.6. The summed E-state index contributed by atoms with van der Waals surface area (Å²) in [4.78, 5) is 13.7. The molecule has 1 heterocycles. The predicted octanol–water partition coefficient (Wildman–Crippen LogP) is 1.63. The summed E-state index contributed by atoms with van der Waals surface area (Å²) in [5.74, 6) is -0.532. The highest BCUT2D eigenvalue weighted by atomic mass is 35.5. The van der Waals surface area contributed by atoms with Crippen molar-refractivity contribution in [2.75, 3.05) is 23.8 Å². The number of nitrogens with two attached hydrogens (primary N) is 2. The zero-order chi connectivity index (χ0) is 14.2. The molecule has 0 bridgehead atoms. The topological polar surface area (TPSA) is 81.6 Å². The summed E-state index contributed by atoms with van der Waals surface area (Å²) >= 11 is 6.25. The number of hydrogen-bond donors (Lipinski definition) is 2. The summed E-state index contributed by atoms with van der Waals surface area (Å²) in [5.41, 5.74) is 12.6. The number of rotatable bonds is 2. The van der Waals surface area contributed by atoms with Crippen LogP contribution in [0.25, 0.3) is 0 Å². The van der Waals surface area contributed by atoms with Crippen molar-refractivity contribution >= 4 is 28.9 Å². The van der Waals surface area contributed by atoms with Gasteiger partial charge in [-0.2, -0.15) is 0 Å². The Kier molecular flexibility index (Phi) is 3.87. The van der Waals surface area contributed by atoms with Crippen molar-refractivity contribution in [3.63, 3.8) is 0 Å². The largest absolute Gasteiger partial charge is 0.399 e. The minimum atomic E-state index is -0.532. The number of anilines is 2. The van der Waals surface area contributed by atoms with Crippen LogP contribution in [0.3, 0.4) is 0 Å². The molecule has 1 aromatic carbocycles. The molecule has 0 saturated carbocycles. The summed E-state index contributed by atoms with van der Waals surface area (Å²) in [6.07, 6.45) is 0.0746. The lowest BCUT2D eigenvalue weighted by Gasteiger charge is -2.39. The molecule has 1 aliphatic rings. The molecule has 0 spiro atoms. The lowest BCUT2D eigenvalue weighted by atomic mass is 10.1. The number of morpholine rings is 1. The van der Waals surface area contributed by atoms with E-state index < -0.39 is 5.91 Å². The maximum atomic E-state index is 11.6. The number of amides is 1. The monoisotopic (exact) mass is 283 g/mol. The molecule has 1 aromatic rings. The van der Waals surface area contributed by atoms with Crippen molar-refractivity contribution < 1.29 is 9.53 Å². The molecule has 104 valence electrons. The van der Waals surface area contributed by atoms with Gasteiger partial charge in [-0.25, -0.2) is 0 Å². The molecule has 2 atom stereocenters. The van der Waals surface area contributed by atoms with Gasteiger partial charge in [0.2, 0.25) is 0 Å². The van der Waals surface area contributed by atoms with E-state index in [0.717, 1.165) is 0 Å².